The Balaban J connectivity index is 3.13. The Morgan fingerprint density at radius 2 is 1.40 bits per heavy atom. The molecule has 0 nitrogen and oxygen atoms in total. The van der Waals surface area contributed by atoms with Crippen molar-refractivity contribution in [2.24, 2.45) is 0 Å². The largest absolute Gasteiger partial charge is 0.127 e. The topological polar surface area (TPSA) is 0 Å². The van der Waals surface area contributed by atoms with E-state index >= 15 is 0 Å². The molecule has 0 bridgehead atoms. The third kappa shape index (κ3) is 13.8. The van der Waals surface area contributed by atoms with Crippen LogP contribution in [0.5, 0.6) is 0 Å². The Bertz CT molecular complexity index is 159. The van der Waals surface area contributed by atoms with Gasteiger partial charge in [0.1, 0.15) is 0 Å². The second-order valence-corrected chi connectivity index (χ2v) is 4.27. The average Bonchev–Trinajstić information content (AvgIpc) is 2.26. The lowest BCUT2D eigenvalue weighted by Gasteiger charge is -1.94. The molecule has 0 radical (unpaired) electrons. The molecular weight excluding hydrogens is 204 g/mol. The minimum Gasteiger partial charge on any atom is -0.127 e. The van der Waals surface area contributed by atoms with Crippen LogP contribution in [0.3, 0.4) is 0 Å². The maximum absolute atomic E-state index is 5.60. The summed E-state index contributed by atoms with van der Waals surface area (Å²) < 4.78 is 0. The molecule has 0 aromatic carbocycles. The standard InChI is InChI=1S/C14H25Cl/c1-2-3-4-5-6-7-8-9-10-11-12-13-14-15/h5-8H,2-4,9-14H2,1H3/b6-5-,8-7-. The smallest absolute Gasteiger partial charge is 0.0223 e. The molecule has 0 saturated carbocycles. The van der Waals surface area contributed by atoms with Gasteiger partial charge in [0.05, 0.1) is 0 Å². The minimum atomic E-state index is 0.815. The van der Waals surface area contributed by atoms with Crippen molar-refractivity contribution in [3.63, 3.8) is 0 Å². The zero-order valence-electron chi connectivity index (χ0n) is 10.1. The summed E-state index contributed by atoms with van der Waals surface area (Å²) in [6.45, 7) is 2.23. The highest BCUT2D eigenvalue weighted by Gasteiger charge is 1.86. The van der Waals surface area contributed by atoms with Crippen LogP contribution in [0.4, 0.5) is 0 Å². The van der Waals surface area contributed by atoms with Gasteiger partial charge in [-0.05, 0) is 25.7 Å². The van der Waals surface area contributed by atoms with Crippen LogP contribution in [-0.2, 0) is 0 Å². The molecule has 15 heavy (non-hydrogen) atoms. The average molecular weight is 229 g/mol. The van der Waals surface area contributed by atoms with E-state index in [1.165, 1.54) is 51.4 Å². The second kappa shape index (κ2) is 13.8. The van der Waals surface area contributed by atoms with Crippen molar-refractivity contribution in [3.05, 3.63) is 24.3 Å². The number of alkyl halides is 1. The summed E-state index contributed by atoms with van der Waals surface area (Å²) in [6, 6.07) is 0. The molecule has 0 fully saturated rings. The van der Waals surface area contributed by atoms with Crippen LogP contribution in [-0.4, -0.2) is 5.88 Å². The molecule has 0 aliphatic carbocycles. The van der Waals surface area contributed by atoms with E-state index in [0.29, 0.717) is 0 Å². The second-order valence-electron chi connectivity index (χ2n) is 3.89. The highest BCUT2D eigenvalue weighted by Crippen LogP contribution is 2.04. The number of unbranched alkanes of at least 4 members (excludes halogenated alkanes) is 6. The van der Waals surface area contributed by atoms with E-state index < -0.39 is 0 Å². The van der Waals surface area contributed by atoms with E-state index in [9.17, 15) is 0 Å². The Kier molecular flexibility index (Phi) is 13.6. The maximum Gasteiger partial charge on any atom is 0.0223 e. The summed E-state index contributed by atoms with van der Waals surface area (Å²) in [5.41, 5.74) is 0. The molecule has 0 unspecified atom stereocenters. The number of halogens is 1. The molecule has 0 saturated heterocycles. The Hall–Kier alpha value is -0.230. The molecule has 0 spiro atoms. The monoisotopic (exact) mass is 228 g/mol. The predicted molar refractivity (Wildman–Crippen MR) is 71.6 cm³/mol. The van der Waals surface area contributed by atoms with Crippen molar-refractivity contribution in [1.82, 2.24) is 0 Å². The van der Waals surface area contributed by atoms with Crippen molar-refractivity contribution >= 4 is 11.6 Å². The van der Waals surface area contributed by atoms with Crippen LogP contribution in [0.1, 0.15) is 58.3 Å². The van der Waals surface area contributed by atoms with Gasteiger partial charge in [0, 0.05) is 5.88 Å². The first-order chi connectivity index (χ1) is 7.41. The fourth-order valence-corrected chi connectivity index (χ4v) is 1.57. The Morgan fingerprint density at radius 1 is 0.800 bits per heavy atom. The van der Waals surface area contributed by atoms with Gasteiger partial charge in [0.25, 0.3) is 0 Å². The van der Waals surface area contributed by atoms with E-state index in [0.717, 1.165) is 5.88 Å². The third-order valence-corrected chi connectivity index (χ3v) is 2.63. The van der Waals surface area contributed by atoms with Gasteiger partial charge in [0.15, 0.2) is 0 Å². The van der Waals surface area contributed by atoms with Gasteiger partial charge in [-0.1, -0.05) is 56.9 Å². The van der Waals surface area contributed by atoms with Gasteiger partial charge in [-0.15, -0.1) is 11.6 Å². The molecule has 0 aromatic heterocycles. The predicted octanol–water partition coefficient (Wildman–Crippen LogP) is 5.48. The molecule has 0 heterocycles. The molecule has 0 rings (SSSR count). The van der Waals surface area contributed by atoms with Crippen molar-refractivity contribution < 1.29 is 0 Å². The SMILES string of the molecule is CCCC/C=C\C=C/CCCCCCCl. The lowest BCUT2D eigenvalue weighted by molar-refractivity contribution is 0.677. The maximum atomic E-state index is 5.60. The number of hydrogen-bond donors (Lipinski definition) is 0. The first kappa shape index (κ1) is 14.8. The van der Waals surface area contributed by atoms with Crippen molar-refractivity contribution in [3.8, 4) is 0 Å². The van der Waals surface area contributed by atoms with Crippen LogP contribution in [0.2, 0.25) is 0 Å². The summed E-state index contributed by atoms with van der Waals surface area (Å²) in [5, 5.41) is 0. The normalized spacial score (nSPS) is 11.9. The third-order valence-electron chi connectivity index (χ3n) is 2.36. The molecule has 88 valence electrons. The van der Waals surface area contributed by atoms with Gasteiger partial charge < -0.3 is 0 Å². The minimum absolute atomic E-state index is 0.815. The van der Waals surface area contributed by atoms with Crippen LogP contribution < -0.4 is 0 Å². The van der Waals surface area contributed by atoms with E-state index in [2.05, 4.69) is 31.2 Å². The van der Waals surface area contributed by atoms with Gasteiger partial charge in [-0.25, -0.2) is 0 Å². The molecule has 0 N–H and O–H groups in total. The van der Waals surface area contributed by atoms with E-state index in [1.807, 2.05) is 0 Å². The van der Waals surface area contributed by atoms with Gasteiger partial charge in [-0.2, -0.15) is 0 Å². The highest BCUT2D eigenvalue weighted by atomic mass is 35.5. The van der Waals surface area contributed by atoms with Crippen LogP contribution in [0.15, 0.2) is 24.3 Å². The number of rotatable bonds is 10. The summed E-state index contributed by atoms with van der Waals surface area (Å²) >= 11 is 5.60. The summed E-state index contributed by atoms with van der Waals surface area (Å²) in [5.74, 6) is 0.815. The molecule has 0 aliphatic heterocycles. The first-order valence-electron chi connectivity index (χ1n) is 6.29. The zero-order chi connectivity index (χ0) is 11.2. The molecule has 0 atom stereocenters. The van der Waals surface area contributed by atoms with Crippen LogP contribution in [0.25, 0.3) is 0 Å². The molecule has 0 aromatic rings. The zero-order valence-corrected chi connectivity index (χ0v) is 10.8. The molecule has 1 heteroatoms. The first-order valence-corrected chi connectivity index (χ1v) is 6.83. The number of hydrogen-bond acceptors (Lipinski definition) is 0. The van der Waals surface area contributed by atoms with Gasteiger partial charge in [-0.3, -0.25) is 0 Å². The van der Waals surface area contributed by atoms with E-state index in [4.69, 9.17) is 11.6 Å². The quantitative estimate of drug-likeness (QED) is 0.264. The van der Waals surface area contributed by atoms with E-state index in [1.54, 1.807) is 0 Å². The van der Waals surface area contributed by atoms with Crippen molar-refractivity contribution in [1.29, 1.82) is 0 Å². The lowest BCUT2D eigenvalue weighted by Crippen LogP contribution is -1.77. The Labute approximate surface area is 100 Å². The fraction of sp³-hybridized carbons (Fsp3) is 0.714. The summed E-state index contributed by atoms with van der Waals surface area (Å²) in [7, 11) is 0. The molecular formula is C14H25Cl. The fourth-order valence-electron chi connectivity index (χ4n) is 1.38. The van der Waals surface area contributed by atoms with Crippen molar-refractivity contribution in [2.45, 2.75) is 58.3 Å². The van der Waals surface area contributed by atoms with Crippen LogP contribution >= 0.6 is 11.6 Å². The van der Waals surface area contributed by atoms with E-state index in [-0.39, 0.29) is 0 Å². The lowest BCUT2D eigenvalue weighted by atomic mass is 10.1. The molecule has 0 amide bonds. The summed E-state index contributed by atoms with van der Waals surface area (Å²) in [6.07, 6.45) is 19.0. The van der Waals surface area contributed by atoms with Gasteiger partial charge >= 0.3 is 0 Å². The van der Waals surface area contributed by atoms with Crippen LogP contribution in [0, 0.1) is 0 Å². The number of allylic oxidation sites excluding steroid dienone is 4. The Morgan fingerprint density at radius 3 is 2.00 bits per heavy atom. The molecule has 0 aliphatic rings. The summed E-state index contributed by atoms with van der Waals surface area (Å²) in [4.78, 5) is 0. The van der Waals surface area contributed by atoms with Gasteiger partial charge in [0.2, 0.25) is 0 Å². The van der Waals surface area contributed by atoms with Crippen molar-refractivity contribution in [2.75, 3.05) is 5.88 Å². The highest BCUT2D eigenvalue weighted by molar-refractivity contribution is 6.17.